The van der Waals surface area contributed by atoms with Gasteiger partial charge in [-0.1, -0.05) is 11.8 Å². The number of carbonyl (C=O) groups is 2. The van der Waals surface area contributed by atoms with Crippen LogP contribution in [0.1, 0.15) is 57.9 Å². The quantitative estimate of drug-likeness (QED) is 0.442. The average Bonchev–Trinajstić information content (AvgIpc) is 3.25. The van der Waals surface area contributed by atoms with Gasteiger partial charge in [0.1, 0.15) is 0 Å². The fourth-order valence-electron chi connectivity index (χ4n) is 2.84. The number of ether oxygens (including phenoxy) is 1. The molecule has 1 saturated carbocycles. The Kier molecular flexibility index (Phi) is 4.85. The number of thioether (sulfide) groups is 1. The topological polar surface area (TPSA) is 110 Å². The molecule has 8 nitrogen and oxygen atoms in total. The summed E-state index contributed by atoms with van der Waals surface area (Å²) in [6.45, 7) is 5.45. The van der Waals surface area contributed by atoms with E-state index in [0.717, 1.165) is 12.8 Å². The highest BCUT2D eigenvalue weighted by Crippen LogP contribution is 2.36. The minimum Gasteiger partial charge on any atom is -0.462 e. The Morgan fingerprint density at radius 3 is 2.60 bits per heavy atom. The van der Waals surface area contributed by atoms with Gasteiger partial charge in [0.25, 0.3) is 0 Å². The van der Waals surface area contributed by atoms with Crippen LogP contribution < -0.4 is 5.69 Å². The highest BCUT2D eigenvalue weighted by molar-refractivity contribution is 7.99. The molecule has 0 unspecified atom stereocenters. The molecule has 2 aromatic rings. The number of nitrogens with zero attached hydrogens (tertiary/aromatic N) is 2. The lowest BCUT2D eigenvalue weighted by atomic mass is 10.1. The van der Waals surface area contributed by atoms with Crippen LogP contribution in [0, 0.1) is 13.8 Å². The molecule has 0 amide bonds. The van der Waals surface area contributed by atoms with Crippen LogP contribution in [-0.4, -0.2) is 43.9 Å². The molecule has 0 aromatic carbocycles. The van der Waals surface area contributed by atoms with E-state index in [4.69, 9.17) is 4.74 Å². The third-order valence-electron chi connectivity index (χ3n) is 4.05. The molecule has 0 radical (unpaired) electrons. The third-order valence-corrected chi connectivity index (χ3v) is 5.00. The van der Waals surface area contributed by atoms with Crippen molar-refractivity contribution in [2.24, 2.45) is 0 Å². The first-order valence-electron chi connectivity index (χ1n) is 8.13. The van der Waals surface area contributed by atoms with Crippen molar-refractivity contribution in [3.63, 3.8) is 0 Å². The molecular formula is C16H20N4O4S. The van der Waals surface area contributed by atoms with Crippen molar-refractivity contribution in [1.82, 2.24) is 19.7 Å². The molecule has 1 aliphatic rings. The Bertz CT molecular complexity index is 875. The summed E-state index contributed by atoms with van der Waals surface area (Å²) in [6, 6.07) is 0.176. The first-order chi connectivity index (χ1) is 11.9. The number of aromatic nitrogens is 4. The maximum Gasteiger partial charge on any atom is 0.344 e. The number of hydrogen-bond donors (Lipinski definition) is 2. The molecule has 3 rings (SSSR count). The Balaban J connectivity index is 1.80. The number of H-pyrrole nitrogens is 2. The number of aromatic amines is 2. The Labute approximate surface area is 148 Å². The summed E-state index contributed by atoms with van der Waals surface area (Å²) in [5.41, 5.74) is 1.62. The molecule has 1 fully saturated rings. The SMILES string of the molecule is CCOC(=O)c1c(C)[nH]c(C)c1C(=O)CSc1n[nH]c(=O)n1C1CC1. The molecule has 25 heavy (non-hydrogen) atoms. The van der Waals surface area contributed by atoms with Gasteiger partial charge in [0.05, 0.1) is 23.5 Å². The molecule has 0 atom stereocenters. The van der Waals surface area contributed by atoms with Crippen molar-refractivity contribution >= 4 is 23.5 Å². The molecule has 2 N–H and O–H groups in total. The summed E-state index contributed by atoms with van der Waals surface area (Å²) < 4.78 is 6.65. The maximum absolute atomic E-state index is 12.7. The first-order valence-corrected chi connectivity index (χ1v) is 9.11. The summed E-state index contributed by atoms with van der Waals surface area (Å²) in [5, 5.41) is 6.93. The van der Waals surface area contributed by atoms with E-state index in [1.165, 1.54) is 11.8 Å². The van der Waals surface area contributed by atoms with Crippen LogP contribution in [0.15, 0.2) is 9.95 Å². The fourth-order valence-corrected chi connectivity index (χ4v) is 3.72. The van der Waals surface area contributed by atoms with Crippen LogP contribution in [0.4, 0.5) is 0 Å². The van der Waals surface area contributed by atoms with E-state index < -0.39 is 5.97 Å². The summed E-state index contributed by atoms with van der Waals surface area (Å²) >= 11 is 1.20. The smallest absolute Gasteiger partial charge is 0.344 e. The van der Waals surface area contributed by atoms with Crippen LogP contribution >= 0.6 is 11.8 Å². The second kappa shape index (κ2) is 6.91. The van der Waals surface area contributed by atoms with E-state index in [0.29, 0.717) is 22.1 Å². The first kappa shape index (κ1) is 17.5. The molecule has 0 saturated heterocycles. The van der Waals surface area contributed by atoms with Crippen LogP contribution in [-0.2, 0) is 4.74 Å². The predicted molar refractivity (Wildman–Crippen MR) is 92.4 cm³/mol. The van der Waals surface area contributed by atoms with Crippen molar-refractivity contribution in [3.05, 3.63) is 33.0 Å². The molecule has 0 bridgehead atoms. The van der Waals surface area contributed by atoms with Crippen molar-refractivity contribution in [3.8, 4) is 0 Å². The van der Waals surface area contributed by atoms with E-state index in [1.807, 2.05) is 0 Å². The van der Waals surface area contributed by atoms with Gasteiger partial charge in [0, 0.05) is 17.4 Å². The van der Waals surface area contributed by atoms with E-state index >= 15 is 0 Å². The number of Topliss-reactive ketones (excluding diaryl/α,β-unsaturated/α-hetero) is 1. The zero-order chi connectivity index (χ0) is 18.1. The van der Waals surface area contributed by atoms with Gasteiger partial charge in [-0.15, -0.1) is 5.10 Å². The van der Waals surface area contributed by atoms with Gasteiger partial charge in [-0.3, -0.25) is 9.36 Å². The maximum atomic E-state index is 12.7. The number of carbonyl (C=O) groups excluding carboxylic acids is 2. The van der Waals surface area contributed by atoms with E-state index in [2.05, 4.69) is 15.2 Å². The zero-order valence-corrected chi connectivity index (χ0v) is 15.2. The second-order valence-electron chi connectivity index (χ2n) is 5.97. The molecule has 0 spiro atoms. The van der Waals surface area contributed by atoms with Crippen molar-refractivity contribution in [2.45, 2.75) is 44.8 Å². The Hall–Kier alpha value is -2.29. The number of hydrogen-bond acceptors (Lipinski definition) is 6. The van der Waals surface area contributed by atoms with Crippen molar-refractivity contribution in [2.75, 3.05) is 12.4 Å². The van der Waals surface area contributed by atoms with E-state index in [1.54, 1.807) is 25.3 Å². The summed E-state index contributed by atoms with van der Waals surface area (Å²) in [4.78, 5) is 39.7. The summed E-state index contributed by atoms with van der Waals surface area (Å²) in [5.74, 6) is -0.623. The van der Waals surface area contributed by atoms with Crippen molar-refractivity contribution < 1.29 is 14.3 Å². The highest BCUT2D eigenvalue weighted by Gasteiger charge is 2.30. The monoisotopic (exact) mass is 364 g/mol. The minimum absolute atomic E-state index is 0.0849. The van der Waals surface area contributed by atoms with Gasteiger partial charge in [-0.2, -0.15) is 0 Å². The Morgan fingerprint density at radius 1 is 1.28 bits per heavy atom. The number of rotatable bonds is 7. The van der Waals surface area contributed by atoms with E-state index in [9.17, 15) is 14.4 Å². The van der Waals surface area contributed by atoms with Gasteiger partial charge < -0.3 is 9.72 Å². The van der Waals surface area contributed by atoms with Gasteiger partial charge in [0.2, 0.25) is 0 Å². The standard InChI is InChI=1S/C16H20N4O4S/c1-4-24-14(22)13-9(3)17-8(2)12(13)11(21)7-25-16-19-18-15(23)20(16)10-5-6-10/h10,17H,4-7H2,1-3H3,(H,18,23). The Morgan fingerprint density at radius 2 is 1.96 bits per heavy atom. The molecule has 2 aromatic heterocycles. The van der Waals surface area contributed by atoms with Crippen LogP contribution in [0.3, 0.4) is 0 Å². The van der Waals surface area contributed by atoms with Gasteiger partial charge in [0.15, 0.2) is 10.9 Å². The predicted octanol–water partition coefficient (Wildman–Crippen LogP) is 2.00. The van der Waals surface area contributed by atoms with Crippen molar-refractivity contribution in [1.29, 1.82) is 0 Å². The average molecular weight is 364 g/mol. The van der Waals surface area contributed by atoms with E-state index in [-0.39, 0.29) is 35.4 Å². The number of aryl methyl sites for hydroxylation is 2. The third kappa shape index (κ3) is 3.41. The lowest BCUT2D eigenvalue weighted by Crippen LogP contribution is -2.17. The fraction of sp³-hybridized carbons (Fsp3) is 0.500. The number of esters is 1. The summed E-state index contributed by atoms with van der Waals surface area (Å²) in [6.07, 6.45) is 1.90. The van der Waals surface area contributed by atoms with Crippen LogP contribution in [0.25, 0.3) is 0 Å². The molecule has 2 heterocycles. The molecule has 9 heteroatoms. The normalized spacial score (nSPS) is 13.9. The molecule has 1 aliphatic carbocycles. The minimum atomic E-state index is -0.507. The van der Waals surface area contributed by atoms with Gasteiger partial charge in [-0.25, -0.2) is 14.7 Å². The van der Waals surface area contributed by atoms with Gasteiger partial charge >= 0.3 is 11.7 Å². The highest BCUT2D eigenvalue weighted by atomic mass is 32.2. The molecule has 134 valence electrons. The van der Waals surface area contributed by atoms with Gasteiger partial charge in [-0.05, 0) is 33.6 Å². The lowest BCUT2D eigenvalue weighted by molar-refractivity contribution is 0.0522. The largest absolute Gasteiger partial charge is 0.462 e. The molecule has 0 aliphatic heterocycles. The molecular weight excluding hydrogens is 344 g/mol. The zero-order valence-electron chi connectivity index (χ0n) is 14.3. The number of nitrogens with one attached hydrogen (secondary N) is 2. The second-order valence-corrected chi connectivity index (χ2v) is 6.91. The lowest BCUT2D eigenvalue weighted by Gasteiger charge is -2.06. The van der Waals surface area contributed by atoms with Crippen LogP contribution in [0.2, 0.25) is 0 Å². The number of ketones is 1. The summed E-state index contributed by atoms with van der Waals surface area (Å²) in [7, 11) is 0. The van der Waals surface area contributed by atoms with Crippen LogP contribution in [0.5, 0.6) is 0 Å².